The summed E-state index contributed by atoms with van der Waals surface area (Å²) in [6.45, 7) is 6.64. The topological polar surface area (TPSA) is 55.6 Å². The van der Waals surface area contributed by atoms with Crippen LogP contribution in [0.1, 0.15) is 26.3 Å². The average Bonchev–Trinajstić information content (AvgIpc) is 2.37. The van der Waals surface area contributed by atoms with E-state index in [1.807, 2.05) is 20.8 Å². The highest BCUT2D eigenvalue weighted by Crippen LogP contribution is 2.12. The number of ether oxygens (including phenoxy) is 1. The lowest BCUT2D eigenvalue weighted by molar-refractivity contribution is -0.134. The Bertz CT molecular complexity index is 443. The molecular formula is C14H20N2O2S. The fraction of sp³-hybridized carbons (Fsp3) is 0.429. The number of nitrogens with two attached hydrogens (primary N) is 1. The number of nitrogens with zero attached hydrogens (tertiary/aromatic N) is 1. The molecule has 0 heterocycles. The minimum Gasteiger partial charge on any atom is -0.484 e. The summed E-state index contributed by atoms with van der Waals surface area (Å²) in [6.07, 6.45) is 0. The second-order valence-corrected chi connectivity index (χ2v) is 4.89. The number of likely N-dealkylation sites (N-methyl/N-ethyl adjacent to an activating group) is 1. The Morgan fingerprint density at radius 3 is 2.37 bits per heavy atom. The second-order valence-electron chi connectivity index (χ2n) is 4.45. The lowest BCUT2D eigenvalue weighted by Crippen LogP contribution is -2.39. The summed E-state index contributed by atoms with van der Waals surface area (Å²) < 4.78 is 5.46. The molecule has 0 spiro atoms. The molecule has 2 N–H and O–H groups in total. The van der Waals surface area contributed by atoms with E-state index in [2.05, 4.69) is 0 Å². The van der Waals surface area contributed by atoms with Gasteiger partial charge in [0.25, 0.3) is 5.91 Å². The second kappa shape index (κ2) is 7.09. The molecule has 4 nitrogen and oxygen atoms in total. The van der Waals surface area contributed by atoms with Crippen LogP contribution in [-0.4, -0.2) is 35.0 Å². The van der Waals surface area contributed by atoms with Crippen molar-refractivity contribution in [2.75, 3.05) is 13.2 Å². The van der Waals surface area contributed by atoms with E-state index in [-0.39, 0.29) is 18.6 Å². The summed E-state index contributed by atoms with van der Waals surface area (Å²) in [5.74, 6) is 0.615. The smallest absolute Gasteiger partial charge is 0.260 e. The molecule has 0 aliphatic rings. The largest absolute Gasteiger partial charge is 0.484 e. The fourth-order valence-corrected chi connectivity index (χ4v) is 1.91. The van der Waals surface area contributed by atoms with E-state index in [4.69, 9.17) is 22.7 Å². The zero-order valence-electron chi connectivity index (χ0n) is 11.6. The van der Waals surface area contributed by atoms with Crippen LogP contribution >= 0.6 is 12.2 Å². The zero-order chi connectivity index (χ0) is 14.4. The highest BCUT2D eigenvalue weighted by molar-refractivity contribution is 7.80. The van der Waals surface area contributed by atoms with E-state index in [0.717, 1.165) is 5.56 Å². The standard InChI is InChI=1S/C14H20N2O2S/c1-4-16(10(2)3)13(17)9-18-12-7-5-11(6-8-12)14(15)19/h5-8,10H,4,9H2,1-3H3,(H2,15,19). The molecule has 0 saturated heterocycles. The van der Waals surface area contributed by atoms with Gasteiger partial charge in [0.1, 0.15) is 10.7 Å². The monoisotopic (exact) mass is 280 g/mol. The molecule has 1 amide bonds. The van der Waals surface area contributed by atoms with Crippen LogP contribution in [0.15, 0.2) is 24.3 Å². The van der Waals surface area contributed by atoms with Crippen LogP contribution < -0.4 is 10.5 Å². The Balaban J connectivity index is 2.57. The average molecular weight is 280 g/mol. The van der Waals surface area contributed by atoms with Gasteiger partial charge in [0, 0.05) is 18.2 Å². The third-order valence-electron chi connectivity index (χ3n) is 2.79. The van der Waals surface area contributed by atoms with E-state index in [1.54, 1.807) is 29.2 Å². The summed E-state index contributed by atoms with van der Waals surface area (Å²) >= 11 is 4.87. The van der Waals surface area contributed by atoms with E-state index in [0.29, 0.717) is 17.3 Å². The third kappa shape index (κ3) is 4.52. The van der Waals surface area contributed by atoms with Crippen molar-refractivity contribution in [3.05, 3.63) is 29.8 Å². The molecule has 0 atom stereocenters. The highest BCUT2D eigenvalue weighted by atomic mass is 32.1. The summed E-state index contributed by atoms with van der Waals surface area (Å²) in [7, 11) is 0. The SMILES string of the molecule is CCN(C(=O)COc1ccc(C(N)=S)cc1)C(C)C. The first-order valence-corrected chi connectivity index (χ1v) is 6.68. The molecule has 0 unspecified atom stereocenters. The predicted octanol–water partition coefficient (Wildman–Crippen LogP) is 1.96. The van der Waals surface area contributed by atoms with E-state index < -0.39 is 0 Å². The molecule has 5 heteroatoms. The van der Waals surface area contributed by atoms with Crippen LogP contribution in [0.4, 0.5) is 0 Å². The number of rotatable bonds is 6. The Hall–Kier alpha value is -1.62. The van der Waals surface area contributed by atoms with Gasteiger partial charge in [-0.15, -0.1) is 0 Å². The molecule has 1 aromatic rings. The van der Waals surface area contributed by atoms with Gasteiger partial charge in [0.15, 0.2) is 6.61 Å². The summed E-state index contributed by atoms with van der Waals surface area (Å²) in [5, 5.41) is 0. The van der Waals surface area contributed by atoms with Crippen molar-refractivity contribution >= 4 is 23.1 Å². The maximum Gasteiger partial charge on any atom is 0.260 e. The molecular weight excluding hydrogens is 260 g/mol. The number of benzene rings is 1. The molecule has 0 radical (unpaired) electrons. The molecule has 0 saturated carbocycles. The normalized spacial score (nSPS) is 10.3. The minimum atomic E-state index is -0.0177. The lowest BCUT2D eigenvalue weighted by atomic mass is 10.2. The molecule has 0 aliphatic carbocycles. The number of hydrogen-bond donors (Lipinski definition) is 1. The van der Waals surface area contributed by atoms with Crippen LogP contribution in [0.2, 0.25) is 0 Å². The quantitative estimate of drug-likeness (QED) is 0.809. The van der Waals surface area contributed by atoms with Crippen molar-refractivity contribution in [3.63, 3.8) is 0 Å². The maximum atomic E-state index is 11.9. The van der Waals surface area contributed by atoms with Gasteiger partial charge in [-0.3, -0.25) is 4.79 Å². The van der Waals surface area contributed by atoms with Gasteiger partial charge < -0.3 is 15.4 Å². The van der Waals surface area contributed by atoms with Crippen molar-refractivity contribution in [3.8, 4) is 5.75 Å². The molecule has 0 aliphatic heterocycles. The van der Waals surface area contributed by atoms with Crippen molar-refractivity contribution in [1.82, 2.24) is 4.90 Å². The molecule has 0 aromatic heterocycles. The maximum absolute atomic E-state index is 11.9. The molecule has 1 rings (SSSR count). The number of amides is 1. The van der Waals surface area contributed by atoms with Gasteiger partial charge in [-0.2, -0.15) is 0 Å². The van der Waals surface area contributed by atoms with Crippen molar-refractivity contribution in [2.45, 2.75) is 26.8 Å². The van der Waals surface area contributed by atoms with Gasteiger partial charge in [-0.05, 0) is 45.0 Å². The predicted molar refractivity (Wildman–Crippen MR) is 80.3 cm³/mol. The Morgan fingerprint density at radius 1 is 1.37 bits per heavy atom. The van der Waals surface area contributed by atoms with Crippen LogP contribution in [0, 0.1) is 0 Å². The van der Waals surface area contributed by atoms with Crippen molar-refractivity contribution < 1.29 is 9.53 Å². The molecule has 104 valence electrons. The van der Waals surface area contributed by atoms with Crippen LogP contribution in [0.5, 0.6) is 5.75 Å². The van der Waals surface area contributed by atoms with Crippen LogP contribution in [-0.2, 0) is 4.79 Å². The Kier molecular flexibility index (Phi) is 5.76. The van der Waals surface area contributed by atoms with E-state index in [9.17, 15) is 4.79 Å². The first kappa shape index (κ1) is 15.4. The van der Waals surface area contributed by atoms with Gasteiger partial charge in [0.05, 0.1) is 0 Å². The molecule has 0 fully saturated rings. The highest BCUT2D eigenvalue weighted by Gasteiger charge is 2.15. The van der Waals surface area contributed by atoms with E-state index in [1.165, 1.54) is 0 Å². The number of carbonyl (C=O) groups is 1. The van der Waals surface area contributed by atoms with Crippen molar-refractivity contribution in [1.29, 1.82) is 0 Å². The summed E-state index contributed by atoms with van der Waals surface area (Å²) in [6, 6.07) is 7.25. The summed E-state index contributed by atoms with van der Waals surface area (Å²) in [4.78, 5) is 14.0. The van der Waals surface area contributed by atoms with E-state index >= 15 is 0 Å². The number of carbonyl (C=O) groups excluding carboxylic acids is 1. The Labute approximate surface area is 119 Å². The first-order chi connectivity index (χ1) is 8.95. The minimum absolute atomic E-state index is 0.0177. The van der Waals surface area contributed by atoms with Gasteiger partial charge in [0.2, 0.25) is 0 Å². The van der Waals surface area contributed by atoms with Crippen molar-refractivity contribution in [2.24, 2.45) is 5.73 Å². The zero-order valence-corrected chi connectivity index (χ0v) is 12.4. The lowest BCUT2D eigenvalue weighted by Gasteiger charge is -2.25. The van der Waals surface area contributed by atoms with Gasteiger partial charge in [-0.1, -0.05) is 12.2 Å². The van der Waals surface area contributed by atoms with Crippen LogP contribution in [0.25, 0.3) is 0 Å². The molecule has 0 bridgehead atoms. The Morgan fingerprint density at radius 2 is 1.95 bits per heavy atom. The fourth-order valence-electron chi connectivity index (χ4n) is 1.77. The summed E-state index contributed by atoms with van der Waals surface area (Å²) in [5.41, 5.74) is 6.29. The molecule has 19 heavy (non-hydrogen) atoms. The first-order valence-electron chi connectivity index (χ1n) is 6.27. The van der Waals surface area contributed by atoms with Crippen LogP contribution in [0.3, 0.4) is 0 Å². The van der Waals surface area contributed by atoms with Gasteiger partial charge in [-0.25, -0.2) is 0 Å². The molecule has 1 aromatic carbocycles. The number of thiocarbonyl (C=S) groups is 1. The third-order valence-corrected chi connectivity index (χ3v) is 3.02. The number of hydrogen-bond acceptors (Lipinski definition) is 3. The van der Waals surface area contributed by atoms with Gasteiger partial charge >= 0.3 is 0 Å².